The maximum atomic E-state index is 13.6. The number of esters is 4. The minimum absolute atomic E-state index is 0.113. The van der Waals surface area contributed by atoms with Gasteiger partial charge in [0.1, 0.15) is 31.2 Å². The Morgan fingerprint density at radius 3 is 1.94 bits per heavy atom. The molecule has 0 radical (unpaired) electrons. The number of carboxylic acids is 1. The van der Waals surface area contributed by atoms with Gasteiger partial charge in [-0.05, 0) is 68.5 Å². The van der Waals surface area contributed by atoms with Gasteiger partial charge in [-0.1, -0.05) is 81.3 Å². The number of aromatic nitrogens is 4. The molecule has 1 unspecified atom stereocenters. The van der Waals surface area contributed by atoms with Crippen molar-refractivity contribution in [1.82, 2.24) is 29.7 Å². The summed E-state index contributed by atoms with van der Waals surface area (Å²) in [5.74, 6) is -4.17. The number of carbonyl (C=O) groups is 6. The Morgan fingerprint density at radius 1 is 0.684 bits per heavy atom. The van der Waals surface area contributed by atoms with Crippen molar-refractivity contribution in [3.05, 3.63) is 120 Å². The second kappa shape index (κ2) is 29.9. The summed E-state index contributed by atoms with van der Waals surface area (Å²) in [6, 6.07) is 25.1. The molecule has 1 amide bonds. The number of hydrogen-bond donors (Lipinski definition) is 2. The number of rotatable bonds is 29. The van der Waals surface area contributed by atoms with Gasteiger partial charge in [-0.2, -0.15) is 0 Å². The molecule has 0 bridgehead atoms. The average molecular weight is 1090 g/mol. The van der Waals surface area contributed by atoms with E-state index >= 15 is 0 Å². The number of aliphatic carboxylic acids is 1. The number of aliphatic imine (C=N–C) groups is 1. The van der Waals surface area contributed by atoms with Crippen molar-refractivity contribution in [3.63, 3.8) is 0 Å². The van der Waals surface area contributed by atoms with E-state index in [0.717, 1.165) is 19.3 Å². The number of imidazole rings is 1. The van der Waals surface area contributed by atoms with Crippen LogP contribution in [0.2, 0.25) is 0 Å². The van der Waals surface area contributed by atoms with Crippen LogP contribution in [0.3, 0.4) is 0 Å². The number of fused-ring (bicyclic) bond motifs is 1. The van der Waals surface area contributed by atoms with E-state index in [-0.39, 0.29) is 49.5 Å². The van der Waals surface area contributed by atoms with Crippen molar-refractivity contribution in [1.29, 1.82) is 0 Å². The van der Waals surface area contributed by atoms with Crippen molar-refractivity contribution < 1.29 is 71.8 Å². The number of benzene rings is 3. The molecule has 2 saturated heterocycles. The standard InChI is InChI=1S/C57H69N7O15/c1-5-41-48(77-45(68)29-28-44(66)67)50(53(75-41)64-36-61-46-51(62-35-63(3)4)59-34-60-52(46)64)72-31-19-7-6-18-30-58-43(65)27-17-20-32-73-57-37(2)47(78-55(70)39-23-13-9-14-24-39)49(79-56(71)40-25-15-10-16-26-40)42(76-57)33-74-54(69)38-21-11-8-12-22-38/h8-16,21-26,34-37,41-42,47-50,53,57H,5-7,17-20,27-33H2,1-4H3,(H,58,65)(H,66,67)/t37-,41-,42-,47-,48+,49+,50?,53-,57-/m1/s1. The molecule has 9 atom stereocenters. The van der Waals surface area contributed by atoms with E-state index in [1.807, 2.05) is 21.0 Å². The fourth-order valence-electron chi connectivity index (χ4n) is 9.02. The average Bonchev–Trinajstić information content (AvgIpc) is 4.28. The summed E-state index contributed by atoms with van der Waals surface area (Å²) >= 11 is 0. The summed E-state index contributed by atoms with van der Waals surface area (Å²) in [7, 11) is 3.67. The van der Waals surface area contributed by atoms with E-state index in [9.17, 15) is 28.8 Å². The monoisotopic (exact) mass is 1090 g/mol. The van der Waals surface area contributed by atoms with Gasteiger partial charge in [-0.25, -0.2) is 34.3 Å². The van der Waals surface area contributed by atoms with Crippen LogP contribution in [-0.2, 0) is 52.3 Å². The molecule has 2 N–H and O–H groups in total. The van der Waals surface area contributed by atoms with E-state index in [1.54, 1.807) is 120 Å². The normalized spacial score (nSPS) is 21.8. The van der Waals surface area contributed by atoms with Gasteiger partial charge in [0.05, 0.1) is 48.3 Å². The smallest absolute Gasteiger partial charge is 0.338 e. The minimum atomic E-state index is -1.20. The van der Waals surface area contributed by atoms with Crippen molar-refractivity contribution >= 4 is 59.1 Å². The van der Waals surface area contributed by atoms with Gasteiger partial charge < -0.3 is 53.2 Å². The van der Waals surface area contributed by atoms with Gasteiger partial charge >= 0.3 is 29.8 Å². The first kappa shape index (κ1) is 59.0. The van der Waals surface area contributed by atoms with Crippen molar-refractivity contribution in [2.75, 3.05) is 40.5 Å². The zero-order chi connectivity index (χ0) is 56.1. The quantitative estimate of drug-likeness (QED) is 0.0160. The number of nitrogens with zero attached hydrogens (tertiary/aromatic N) is 6. The van der Waals surface area contributed by atoms with E-state index in [1.165, 1.54) is 6.33 Å². The van der Waals surface area contributed by atoms with Crippen molar-refractivity contribution in [2.45, 2.75) is 127 Å². The first-order valence-electron chi connectivity index (χ1n) is 26.7. The van der Waals surface area contributed by atoms with Gasteiger partial charge in [0.15, 0.2) is 41.7 Å². The number of ether oxygens (including phenoxy) is 8. The zero-order valence-corrected chi connectivity index (χ0v) is 44.8. The molecule has 2 aliphatic rings. The van der Waals surface area contributed by atoms with Gasteiger partial charge in [0.25, 0.3) is 0 Å². The van der Waals surface area contributed by atoms with Crippen LogP contribution in [0.25, 0.3) is 11.2 Å². The Kier molecular flexibility index (Phi) is 22.3. The van der Waals surface area contributed by atoms with Gasteiger partial charge in [-0.15, -0.1) is 0 Å². The molecule has 4 heterocycles. The molecule has 2 aromatic heterocycles. The number of amides is 1. The van der Waals surface area contributed by atoms with Crippen molar-refractivity contribution in [3.8, 4) is 0 Å². The molecular formula is C57H69N7O15. The summed E-state index contributed by atoms with van der Waals surface area (Å²) in [4.78, 5) is 96.6. The maximum Gasteiger partial charge on any atom is 0.338 e. The fourth-order valence-corrected chi connectivity index (χ4v) is 9.02. The number of nitrogens with one attached hydrogen (secondary N) is 1. The third-order valence-electron chi connectivity index (χ3n) is 13.1. The van der Waals surface area contributed by atoms with E-state index in [0.29, 0.717) is 61.4 Å². The van der Waals surface area contributed by atoms with Crippen LogP contribution in [0.1, 0.15) is 115 Å². The van der Waals surface area contributed by atoms with Crippen LogP contribution in [0.4, 0.5) is 5.82 Å². The molecule has 22 nitrogen and oxygen atoms in total. The molecule has 79 heavy (non-hydrogen) atoms. The Bertz CT molecular complexity index is 2800. The summed E-state index contributed by atoms with van der Waals surface area (Å²) < 4.78 is 50.9. The van der Waals surface area contributed by atoms with E-state index < -0.39 is 84.9 Å². The van der Waals surface area contributed by atoms with Gasteiger partial charge in [-0.3, -0.25) is 19.0 Å². The lowest BCUT2D eigenvalue weighted by Crippen LogP contribution is -2.58. The topological polar surface area (TPSA) is 268 Å². The third-order valence-corrected chi connectivity index (χ3v) is 13.1. The lowest BCUT2D eigenvalue weighted by molar-refractivity contribution is -0.281. The molecule has 22 heteroatoms. The Balaban J connectivity index is 0.881. The Labute approximate surface area is 458 Å². The summed E-state index contributed by atoms with van der Waals surface area (Å²) in [5, 5.41) is 12.2. The highest BCUT2D eigenvalue weighted by molar-refractivity contribution is 5.91. The van der Waals surface area contributed by atoms with E-state index in [2.05, 4.69) is 25.3 Å². The highest BCUT2D eigenvalue weighted by Gasteiger charge is 2.50. The predicted molar refractivity (Wildman–Crippen MR) is 285 cm³/mol. The number of carboxylic acid groups (broad SMARTS) is 1. The molecule has 0 spiro atoms. The Hall–Kier alpha value is -7.66. The van der Waals surface area contributed by atoms with Crippen molar-refractivity contribution in [2.24, 2.45) is 10.9 Å². The molecule has 3 aromatic carbocycles. The number of unbranched alkanes of at least 4 members (excludes halogenated alkanes) is 4. The lowest BCUT2D eigenvalue weighted by Gasteiger charge is -2.44. The fraction of sp³-hybridized carbons (Fsp3) is 0.474. The molecule has 5 aromatic rings. The number of hydrogen-bond acceptors (Lipinski definition) is 18. The maximum absolute atomic E-state index is 13.6. The summed E-state index contributed by atoms with van der Waals surface area (Å²) in [6.45, 7) is 4.25. The van der Waals surface area contributed by atoms with Gasteiger partial charge in [0.2, 0.25) is 5.91 Å². The lowest BCUT2D eigenvalue weighted by atomic mass is 9.91. The summed E-state index contributed by atoms with van der Waals surface area (Å²) in [6.07, 6.45) is 1.21. The van der Waals surface area contributed by atoms with Crippen LogP contribution < -0.4 is 5.32 Å². The molecule has 0 saturated carbocycles. The molecule has 0 aliphatic carbocycles. The molecular weight excluding hydrogens is 1020 g/mol. The second-order valence-corrected chi connectivity index (χ2v) is 19.3. The predicted octanol–water partition coefficient (Wildman–Crippen LogP) is 7.05. The first-order valence-corrected chi connectivity index (χ1v) is 26.7. The first-order chi connectivity index (χ1) is 38.3. The second-order valence-electron chi connectivity index (χ2n) is 19.3. The highest BCUT2D eigenvalue weighted by Crippen LogP contribution is 2.38. The molecule has 422 valence electrons. The third kappa shape index (κ3) is 16.9. The van der Waals surface area contributed by atoms with Crippen LogP contribution in [0, 0.1) is 5.92 Å². The minimum Gasteiger partial charge on any atom is -0.481 e. The molecule has 2 fully saturated rings. The van der Waals surface area contributed by atoms with Gasteiger partial charge in [0, 0.05) is 46.2 Å². The summed E-state index contributed by atoms with van der Waals surface area (Å²) in [5.41, 5.74) is 1.74. The van der Waals surface area contributed by atoms with Crippen LogP contribution in [0.15, 0.2) is 109 Å². The van der Waals surface area contributed by atoms with Crippen LogP contribution in [-0.4, -0.2) is 155 Å². The molecule has 7 rings (SSSR count). The SMILES string of the molecule is CC[C@H]1O[C@@H](n2cnc3c(N=CN(C)C)ncnc32)C(OCCCCCCNC(=O)CCCCO[C@@H]2O[C@H](COC(=O)c3ccccc3)[C@H](OC(=O)c3ccccc3)[C@H](OC(=O)c3ccccc3)[C@H]2C)[C@H]1OC(=O)CCC(=O)O. The van der Waals surface area contributed by atoms with E-state index in [4.69, 9.17) is 43.0 Å². The highest BCUT2D eigenvalue weighted by atomic mass is 16.7. The Morgan fingerprint density at radius 2 is 1.29 bits per heavy atom. The van der Waals surface area contributed by atoms with Crippen LogP contribution in [0.5, 0.6) is 0 Å². The largest absolute Gasteiger partial charge is 0.481 e. The zero-order valence-electron chi connectivity index (χ0n) is 44.8. The number of carbonyl (C=O) groups excluding carboxylic acids is 5. The van der Waals surface area contributed by atoms with Crippen LogP contribution >= 0.6 is 0 Å². The molecule has 2 aliphatic heterocycles.